The molecule has 3 rings (SSSR count). The minimum atomic E-state index is -0.428. The molecule has 0 spiro atoms. The van der Waals surface area contributed by atoms with Crippen molar-refractivity contribution in [1.29, 1.82) is 0 Å². The van der Waals surface area contributed by atoms with E-state index in [2.05, 4.69) is 10.6 Å². The zero-order chi connectivity index (χ0) is 19.2. The summed E-state index contributed by atoms with van der Waals surface area (Å²) in [5.41, 5.74) is 1.58. The Balaban J connectivity index is 1.68. The Morgan fingerprint density at radius 3 is 2.56 bits per heavy atom. The summed E-state index contributed by atoms with van der Waals surface area (Å²) in [5.74, 6) is 0.496. The second kappa shape index (κ2) is 8.68. The Kier molecular flexibility index (Phi) is 6.08. The van der Waals surface area contributed by atoms with Crippen molar-refractivity contribution >= 4 is 17.5 Å². The lowest BCUT2D eigenvalue weighted by Gasteiger charge is -2.24. The molecule has 2 atom stereocenters. The average Bonchev–Trinajstić information content (AvgIpc) is 3.46. The zero-order valence-electron chi connectivity index (χ0n) is 15.7. The molecule has 0 bridgehead atoms. The van der Waals surface area contributed by atoms with Crippen LogP contribution in [0.3, 0.4) is 0 Å². The molecule has 2 aromatic rings. The minimum Gasteiger partial charge on any atom is -0.497 e. The van der Waals surface area contributed by atoms with Crippen LogP contribution in [0, 0.1) is 0 Å². The summed E-state index contributed by atoms with van der Waals surface area (Å²) in [6.45, 7) is 0.175. The van der Waals surface area contributed by atoms with Crippen molar-refractivity contribution in [1.82, 2.24) is 5.32 Å². The van der Waals surface area contributed by atoms with Gasteiger partial charge in [0, 0.05) is 23.4 Å². The van der Waals surface area contributed by atoms with Crippen molar-refractivity contribution in [3.05, 3.63) is 60.2 Å². The Hall–Kier alpha value is -2.86. The molecular formula is C21H26N3O3+. The Bertz CT molecular complexity index is 790. The van der Waals surface area contributed by atoms with Crippen LogP contribution in [0.2, 0.25) is 0 Å². The molecule has 6 heteroatoms. The van der Waals surface area contributed by atoms with Crippen LogP contribution in [0.15, 0.2) is 54.6 Å². The van der Waals surface area contributed by atoms with Crippen molar-refractivity contribution < 1.29 is 19.2 Å². The fourth-order valence-corrected chi connectivity index (χ4v) is 3.08. The van der Waals surface area contributed by atoms with E-state index >= 15 is 0 Å². The van der Waals surface area contributed by atoms with Gasteiger partial charge in [-0.05, 0) is 25.0 Å². The molecule has 2 amide bonds. The number of ether oxygens (including phenoxy) is 1. The molecule has 2 aromatic carbocycles. The quantitative estimate of drug-likeness (QED) is 0.655. The summed E-state index contributed by atoms with van der Waals surface area (Å²) in [4.78, 5) is 26.1. The van der Waals surface area contributed by atoms with E-state index in [1.54, 1.807) is 13.2 Å². The maximum atomic E-state index is 12.8. The van der Waals surface area contributed by atoms with Gasteiger partial charge >= 0.3 is 0 Å². The molecule has 1 aliphatic carbocycles. The van der Waals surface area contributed by atoms with Gasteiger partial charge in [0.2, 0.25) is 0 Å². The molecule has 0 saturated heterocycles. The van der Waals surface area contributed by atoms with Crippen molar-refractivity contribution in [3.63, 3.8) is 0 Å². The van der Waals surface area contributed by atoms with Crippen LogP contribution in [0.25, 0.3) is 0 Å². The van der Waals surface area contributed by atoms with E-state index in [4.69, 9.17) is 4.74 Å². The highest BCUT2D eigenvalue weighted by Gasteiger charge is 2.34. The third kappa shape index (κ3) is 5.31. The molecule has 6 nitrogen and oxygen atoms in total. The lowest BCUT2D eigenvalue weighted by atomic mass is 10.0. The SMILES string of the molecule is COc1cccc(NC(=O)C[NH+](C)[C@H](C(=O)NC2CC2)c2ccccc2)c1. The Morgan fingerprint density at radius 1 is 1.15 bits per heavy atom. The van der Waals surface area contributed by atoms with Crippen LogP contribution in [0.1, 0.15) is 24.4 Å². The third-order valence-corrected chi connectivity index (χ3v) is 4.60. The Morgan fingerprint density at radius 2 is 1.89 bits per heavy atom. The summed E-state index contributed by atoms with van der Waals surface area (Å²) in [6.07, 6.45) is 2.06. The van der Waals surface area contributed by atoms with Crippen LogP contribution in [0.4, 0.5) is 5.69 Å². The molecule has 142 valence electrons. The number of amides is 2. The lowest BCUT2D eigenvalue weighted by molar-refractivity contribution is -0.894. The molecule has 3 N–H and O–H groups in total. The van der Waals surface area contributed by atoms with Crippen LogP contribution >= 0.6 is 0 Å². The summed E-state index contributed by atoms with van der Waals surface area (Å²) in [6, 6.07) is 16.7. The third-order valence-electron chi connectivity index (χ3n) is 4.60. The molecule has 0 aromatic heterocycles. The number of rotatable bonds is 8. The van der Waals surface area contributed by atoms with Crippen LogP contribution in [0.5, 0.6) is 5.75 Å². The van der Waals surface area contributed by atoms with Gasteiger partial charge in [-0.15, -0.1) is 0 Å². The maximum Gasteiger partial charge on any atom is 0.283 e. The van der Waals surface area contributed by atoms with Gasteiger partial charge in [-0.3, -0.25) is 9.59 Å². The van der Waals surface area contributed by atoms with Gasteiger partial charge < -0.3 is 20.3 Å². The van der Waals surface area contributed by atoms with E-state index in [9.17, 15) is 9.59 Å². The van der Waals surface area contributed by atoms with E-state index in [0.29, 0.717) is 11.4 Å². The van der Waals surface area contributed by atoms with Gasteiger partial charge in [-0.1, -0.05) is 36.4 Å². The smallest absolute Gasteiger partial charge is 0.283 e. The number of methoxy groups -OCH3 is 1. The number of carbonyl (C=O) groups is 2. The molecule has 0 radical (unpaired) electrons. The molecular weight excluding hydrogens is 342 g/mol. The average molecular weight is 368 g/mol. The fourth-order valence-electron chi connectivity index (χ4n) is 3.08. The maximum absolute atomic E-state index is 12.8. The zero-order valence-corrected chi connectivity index (χ0v) is 15.7. The highest BCUT2D eigenvalue weighted by atomic mass is 16.5. The van der Waals surface area contributed by atoms with Crippen LogP contribution in [-0.2, 0) is 9.59 Å². The highest BCUT2D eigenvalue weighted by molar-refractivity contribution is 5.92. The van der Waals surface area contributed by atoms with E-state index < -0.39 is 6.04 Å². The topological polar surface area (TPSA) is 71.9 Å². The van der Waals surface area contributed by atoms with E-state index in [0.717, 1.165) is 23.3 Å². The molecule has 27 heavy (non-hydrogen) atoms. The number of carbonyl (C=O) groups excluding carboxylic acids is 2. The number of quaternary nitrogens is 1. The largest absolute Gasteiger partial charge is 0.497 e. The fraction of sp³-hybridized carbons (Fsp3) is 0.333. The van der Waals surface area contributed by atoms with Crippen LogP contribution in [-0.4, -0.2) is 38.6 Å². The molecule has 0 heterocycles. The van der Waals surface area contributed by atoms with Crippen molar-refractivity contribution in [2.24, 2.45) is 0 Å². The Labute approximate surface area is 159 Å². The number of likely N-dealkylation sites (N-methyl/N-ethyl adjacent to an activating group) is 1. The second-order valence-electron chi connectivity index (χ2n) is 6.93. The predicted molar refractivity (Wildman–Crippen MR) is 104 cm³/mol. The first kappa shape index (κ1) is 18.9. The van der Waals surface area contributed by atoms with Gasteiger partial charge in [-0.2, -0.15) is 0 Å². The number of anilines is 1. The van der Waals surface area contributed by atoms with Gasteiger partial charge in [0.15, 0.2) is 12.6 Å². The van der Waals surface area contributed by atoms with E-state index in [-0.39, 0.29) is 24.4 Å². The summed E-state index contributed by atoms with van der Waals surface area (Å²) in [5, 5.41) is 5.94. The first-order chi connectivity index (χ1) is 13.1. The summed E-state index contributed by atoms with van der Waals surface area (Å²) in [7, 11) is 3.46. The highest BCUT2D eigenvalue weighted by Crippen LogP contribution is 2.20. The second-order valence-corrected chi connectivity index (χ2v) is 6.93. The normalized spacial score (nSPS) is 15.5. The number of hydrogen-bond acceptors (Lipinski definition) is 3. The van der Waals surface area contributed by atoms with E-state index in [1.165, 1.54) is 0 Å². The first-order valence-corrected chi connectivity index (χ1v) is 9.18. The van der Waals surface area contributed by atoms with E-state index in [1.807, 2.05) is 55.6 Å². The molecule has 1 fully saturated rings. The van der Waals surface area contributed by atoms with Gasteiger partial charge in [0.05, 0.1) is 14.2 Å². The molecule has 1 unspecified atom stereocenters. The molecule has 1 saturated carbocycles. The standard InChI is InChI=1S/C21H25N3O3/c1-24(14-19(25)22-17-9-6-10-18(13-17)27-2)20(15-7-4-3-5-8-15)21(26)23-16-11-12-16/h3-10,13,16,20H,11-12,14H2,1-2H3,(H,22,25)(H,23,26)/p+1/t20-/m0/s1. The molecule has 1 aliphatic rings. The van der Waals surface area contributed by atoms with Crippen molar-refractivity contribution in [2.45, 2.75) is 24.9 Å². The lowest BCUT2D eigenvalue weighted by Crippen LogP contribution is -3.11. The minimum absolute atomic E-state index is 0.0321. The van der Waals surface area contributed by atoms with Crippen molar-refractivity contribution in [3.8, 4) is 5.75 Å². The first-order valence-electron chi connectivity index (χ1n) is 9.18. The summed E-state index contributed by atoms with van der Waals surface area (Å²) >= 11 is 0. The van der Waals surface area contributed by atoms with Crippen LogP contribution < -0.4 is 20.3 Å². The summed E-state index contributed by atoms with van der Waals surface area (Å²) < 4.78 is 5.18. The predicted octanol–water partition coefficient (Wildman–Crippen LogP) is 1.17. The molecule has 0 aliphatic heterocycles. The number of nitrogens with one attached hydrogen (secondary N) is 3. The monoisotopic (exact) mass is 368 g/mol. The van der Waals surface area contributed by atoms with Gasteiger partial charge in [0.25, 0.3) is 11.8 Å². The number of hydrogen-bond donors (Lipinski definition) is 3. The van der Waals surface area contributed by atoms with Gasteiger partial charge in [0.1, 0.15) is 5.75 Å². The van der Waals surface area contributed by atoms with Gasteiger partial charge in [-0.25, -0.2) is 0 Å². The van der Waals surface area contributed by atoms with Crippen molar-refractivity contribution in [2.75, 3.05) is 26.0 Å². The number of benzene rings is 2.